The van der Waals surface area contributed by atoms with Crippen molar-refractivity contribution in [1.29, 1.82) is 0 Å². The highest BCUT2D eigenvalue weighted by Crippen LogP contribution is 2.42. The van der Waals surface area contributed by atoms with E-state index in [1.165, 1.54) is 29.7 Å². The first-order valence-electron chi connectivity index (χ1n) is 9.97. The van der Waals surface area contributed by atoms with Gasteiger partial charge in [-0.25, -0.2) is 4.39 Å². The fraction of sp³-hybridized carbons (Fsp3) is 0.0769. The zero-order valence-electron chi connectivity index (χ0n) is 17.8. The Bertz CT molecular complexity index is 1360. The van der Waals surface area contributed by atoms with E-state index in [0.29, 0.717) is 27.3 Å². The van der Waals surface area contributed by atoms with Crippen LogP contribution in [0.1, 0.15) is 26.4 Å². The van der Waals surface area contributed by atoms with Gasteiger partial charge in [-0.15, -0.1) is 11.3 Å². The van der Waals surface area contributed by atoms with Crippen LogP contribution in [-0.4, -0.2) is 17.4 Å². The summed E-state index contributed by atoms with van der Waals surface area (Å²) in [6, 6.07) is 14.8. The number of aryl methyl sites for hydroxylation is 2. The highest BCUT2D eigenvalue weighted by atomic mass is 32.1. The molecule has 4 rings (SSSR count). The first-order valence-corrected chi connectivity index (χ1v) is 10.8. The molecule has 33 heavy (non-hydrogen) atoms. The lowest BCUT2D eigenvalue weighted by Crippen LogP contribution is -2.06. The molecule has 1 aromatic heterocycles. The maximum Gasteiger partial charge on any atom is 0.298 e. The Morgan fingerprint density at radius 1 is 1.00 bits per heavy atom. The van der Waals surface area contributed by atoms with Crippen LogP contribution in [-0.2, 0) is 9.53 Å². The summed E-state index contributed by atoms with van der Waals surface area (Å²) < 4.78 is 24.4. The van der Waals surface area contributed by atoms with Crippen LogP contribution in [0.4, 0.5) is 4.39 Å². The van der Waals surface area contributed by atoms with Crippen molar-refractivity contribution in [2.45, 2.75) is 13.8 Å². The van der Waals surface area contributed by atoms with E-state index in [1.807, 2.05) is 12.1 Å². The second-order valence-corrected chi connectivity index (χ2v) is 8.43. The quantitative estimate of drug-likeness (QED) is 0.199. The molecule has 4 aromatic rings. The SMILES string of the molecule is Cc1cc(F)cc(C)c1C(=O)c1sc2cc(O)ccc2c1-c1ccc(O/C=C/OC=O)cc1. The van der Waals surface area contributed by atoms with Crippen molar-refractivity contribution in [1.82, 2.24) is 0 Å². The highest BCUT2D eigenvalue weighted by molar-refractivity contribution is 7.21. The number of benzene rings is 3. The number of carbonyl (C=O) groups excluding carboxylic acids is 2. The van der Waals surface area contributed by atoms with E-state index < -0.39 is 0 Å². The molecule has 0 radical (unpaired) electrons. The van der Waals surface area contributed by atoms with Crippen LogP contribution < -0.4 is 4.74 Å². The minimum Gasteiger partial charge on any atom is -0.508 e. The third kappa shape index (κ3) is 4.49. The van der Waals surface area contributed by atoms with Gasteiger partial charge in [0.25, 0.3) is 6.47 Å². The van der Waals surface area contributed by atoms with Crippen LogP contribution in [0.15, 0.2) is 67.1 Å². The van der Waals surface area contributed by atoms with Gasteiger partial charge < -0.3 is 14.6 Å². The van der Waals surface area contributed by atoms with Gasteiger partial charge in [0, 0.05) is 21.2 Å². The first-order chi connectivity index (χ1) is 15.9. The molecule has 0 saturated carbocycles. The highest BCUT2D eigenvalue weighted by Gasteiger charge is 2.24. The number of phenolic OH excluding ortho intramolecular Hbond substituents is 1. The number of aromatic hydroxyl groups is 1. The Kier molecular flexibility index (Phi) is 6.24. The molecule has 1 N–H and O–H groups in total. The van der Waals surface area contributed by atoms with Gasteiger partial charge in [-0.05, 0) is 73.0 Å². The van der Waals surface area contributed by atoms with E-state index in [-0.39, 0.29) is 23.8 Å². The fourth-order valence-corrected chi connectivity index (χ4v) is 4.99. The van der Waals surface area contributed by atoms with Crippen molar-refractivity contribution in [2.75, 3.05) is 0 Å². The standard InChI is InChI=1S/C26H19FO5S/c1-15-11-18(27)12-16(2)23(15)25(30)26-24(21-8-5-19(29)13-22(21)33-26)17-3-6-20(7-4-17)32-10-9-31-14-28/h3-14,29H,1-2H3/b10-9+. The summed E-state index contributed by atoms with van der Waals surface area (Å²) in [6.07, 6.45) is 2.35. The zero-order chi connectivity index (χ0) is 23.5. The van der Waals surface area contributed by atoms with Crippen LogP contribution in [0.2, 0.25) is 0 Å². The number of thiophene rings is 1. The summed E-state index contributed by atoms with van der Waals surface area (Å²) in [5, 5.41) is 10.8. The number of ether oxygens (including phenoxy) is 2. The smallest absolute Gasteiger partial charge is 0.298 e. The average molecular weight is 462 g/mol. The third-order valence-electron chi connectivity index (χ3n) is 5.14. The number of carbonyl (C=O) groups is 2. The van der Waals surface area contributed by atoms with Crippen molar-refractivity contribution < 1.29 is 28.6 Å². The number of fused-ring (bicyclic) bond motifs is 1. The monoisotopic (exact) mass is 462 g/mol. The van der Waals surface area contributed by atoms with E-state index in [9.17, 15) is 19.1 Å². The molecule has 1 heterocycles. The molecule has 0 bridgehead atoms. The van der Waals surface area contributed by atoms with Gasteiger partial charge in [0.1, 0.15) is 29.8 Å². The lowest BCUT2D eigenvalue weighted by molar-refractivity contribution is -0.123. The van der Waals surface area contributed by atoms with Crippen LogP contribution >= 0.6 is 11.3 Å². The lowest BCUT2D eigenvalue weighted by Gasteiger charge is -2.11. The van der Waals surface area contributed by atoms with Gasteiger partial charge >= 0.3 is 0 Å². The number of hydrogen-bond acceptors (Lipinski definition) is 6. The summed E-state index contributed by atoms with van der Waals surface area (Å²) in [5.74, 6) is 0.0393. The lowest BCUT2D eigenvalue weighted by atomic mass is 9.94. The van der Waals surface area contributed by atoms with Crippen molar-refractivity contribution in [3.05, 3.63) is 94.5 Å². The Hall–Kier alpha value is -3.97. The molecule has 7 heteroatoms. The topological polar surface area (TPSA) is 72.8 Å². The van der Waals surface area contributed by atoms with Crippen LogP contribution in [0.5, 0.6) is 11.5 Å². The van der Waals surface area contributed by atoms with Crippen LogP contribution in [0.25, 0.3) is 21.2 Å². The molecule has 0 spiro atoms. The number of halogens is 1. The summed E-state index contributed by atoms with van der Waals surface area (Å²) >= 11 is 1.29. The molecule has 0 aliphatic carbocycles. The Morgan fingerprint density at radius 3 is 2.36 bits per heavy atom. The second-order valence-electron chi connectivity index (χ2n) is 7.38. The average Bonchev–Trinajstić information content (AvgIpc) is 3.15. The second kappa shape index (κ2) is 9.26. The molecule has 0 amide bonds. The Labute approximate surface area is 193 Å². The largest absolute Gasteiger partial charge is 0.508 e. The maximum atomic E-state index is 13.8. The van der Waals surface area contributed by atoms with E-state index in [2.05, 4.69) is 4.74 Å². The zero-order valence-corrected chi connectivity index (χ0v) is 18.6. The maximum absolute atomic E-state index is 13.8. The minimum absolute atomic E-state index is 0.108. The molecule has 3 aromatic carbocycles. The Balaban J connectivity index is 1.82. The molecule has 0 aliphatic rings. The predicted molar refractivity (Wildman–Crippen MR) is 125 cm³/mol. The number of ketones is 1. The summed E-state index contributed by atoms with van der Waals surface area (Å²) in [6.45, 7) is 3.72. The van der Waals surface area contributed by atoms with E-state index in [0.717, 1.165) is 27.5 Å². The summed E-state index contributed by atoms with van der Waals surface area (Å²) in [5.41, 5.74) is 3.12. The van der Waals surface area contributed by atoms with E-state index >= 15 is 0 Å². The first kappa shape index (κ1) is 22.2. The fourth-order valence-electron chi connectivity index (χ4n) is 3.78. The van der Waals surface area contributed by atoms with E-state index in [1.54, 1.807) is 44.2 Å². The summed E-state index contributed by atoms with van der Waals surface area (Å²) in [4.78, 5) is 24.3. The molecule has 0 fully saturated rings. The molecule has 0 aliphatic heterocycles. The van der Waals surface area contributed by atoms with Gasteiger partial charge in [0.2, 0.25) is 5.78 Å². The van der Waals surface area contributed by atoms with Crippen LogP contribution in [0, 0.1) is 19.7 Å². The summed E-state index contributed by atoms with van der Waals surface area (Å²) in [7, 11) is 0. The van der Waals surface area contributed by atoms with Crippen molar-refractivity contribution in [2.24, 2.45) is 0 Å². The molecule has 0 atom stereocenters. The van der Waals surface area contributed by atoms with E-state index in [4.69, 9.17) is 4.74 Å². The van der Waals surface area contributed by atoms with Crippen molar-refractivity contribution in [3.8, 4) is 22.6 Å². The van der Waals surface area contributed by atoms with Gasteiger partial charge in [0.15, 0.2) is 0 Å². The molecular weight excluding hydrogens is 443 g/mol. The number of hydrogen-bond donors (Lipinski definition) is 1. The molecule has 166 valence electrons. The molecule has 5 nitrogen and oxygen atoms in total. The molecular formula is C26H19FO5S. The Morgan fingerprint density at radius 2 is 1.70 bits per heavy atom. The minimum atomic E-state index is -0.383. The molecule has 0 saturated heterocycles. The number of rotatable bonds is 7. The van der Waals surface area contributed by atoms with Crippen LogP contribution in [0.3, 0.4) is 0 Å². The van der Waals surface area contributed by atoms with Gasteiger partial charge in [-0.3, -0.25) is 9.59 Å². The van der Waals surface area contributed by atoms with Gasteiger partial charge in [-0.2, -0.15) is 0 Å². The van der Waals surface area contributed by atoms with Gasteiger partial charge in [0.05, 0.1) is 4.88 Å². The number of phenols is 1. The third-order valence-corrected chi connectivity index (χ3v) is 6.29. The van der Waals surface area contributed by atoms with Crippen molar-refractivity contribution in [3.63, 3.8) is 0 Å². The van der Waals surface area contributed by atoms with Crippen molar-refractivity contribution >= 4 is 33.7 Å². The predicted octanol–water partition coefficient (Wildman–Crippen LogP) is 6.28. The van der Waals surface area contributed by atoms with Gasteiger partial charge in [-0.1, -0.05) is 12.1 Å². The normalized spacial score (nSPS) is 11.1. The molecule has 0 unspecified atom stereocenters.